The summed E-state index contributed by atoms with van der Waals surface area (Å²) in [6, 6.07) is 0. The van der Waals surface area contributed by atoms with Gasteiger partial charge in [0.05, 0.1) is 34.4 Å². The predicted molar refractivity (Wildman–Crippen MR) is 305 cm³/mol. The average Bonchev–Trinajstić information content (AvgIpc) is 3.33. The summed E-state index contributed by atoms with van der Waals surface area (Å²) in [6.07, 6.45) is 70.2. The quantitative estimate of drug-likeness (QED) is 0.0197. The van der Waals surface area contributed by atoms with Crippen molar-refractivity contribution in [1.29, 1.82) is 0 Å². The van der Waals surface area contributed by atoms with Crippen molar-refractivity contribution in [3.05, 3.63) is 48.6 Å². The molecule has 0 radical (unpaired) electrons. The number of hydrogen-bond donors (Lipinski definition) is 0. The van der Waals surface area contributed by atoms with Crippen molar-refractivity contribution >= 4 is 13.8 Å². The maximum absolute atomic E-state index is 12.8. The molecule has 0 saturated heterocycles. The number of allylic oxidation sites excluding steroid dienone is 8. The van der Waals surface area contributed by atoms with Crippen LogP contribution in [0.5, 0.6) is 0 Å². The van der Waals surface area contributed by atoms with Crippen LogP contribution in [-0.4, -0.2) is 70.7 Å². The minimum absolute atomic E-state index is 0.0268. The normalized spacial score (nSPS) is 13.7. The number of phosphoric ester groups is 1. The van der Waals surface area contributed by atoms with Crippen LogP contribution in [0.2, 0.25) is 0 Å². The fourth-order valence-corrected chi connectivity index (χ4v) is 9.51. The van der Waals surface area contributed by atoms with Gasteiger partial charge in [0.1, 0.15) is 19.3 Å². The number of nitrogens with zero attached hydrogens (tertiary/aromatic N) is 1. The van der Waals surface area contributed by atoms with Crippen molar-refractivity contribution in [2.75, 3.05) is 54.1 Å². The van der Waals surface area contributed by atoms with Gasteiger partial charge in [0, 0.05) is 13.0 Å². The zero-order valence-electron chi connectivity index (χ0n) is 47.7. The highest BCUT2D eigenvalue weighted by atomic mass is 31.2. The van der Waals surface area contributed by atoms with Gasteiger partial charge in [-0.05, 0) is 51.4 Å². The first-order valence-electron chi connectivity index (χ1n) is 30.4. The lowest BCUT2D eigenvalue weighted by Gasteiger charge is -2.28. The molecule has 0 aromatic heterocycles. The molecule has 0 spiro atoms. The molecule has 0 aromatic carbocycles. The van der Waals surface area contributed by atoms with E-state index in [2.05, 4.69) is 62.5 Å². The first-order valence-corrected chi connectivity index (χ1v) is 31.8. The van der Waals surface area contributed by atoms with Gasteiger partial charge in [0.15, 0.2) is 0 Å². The first-order chi connectivity index (χ1) is 34.6. The summed E-state index contributed by atoms with van der Waals surface area (Å²) < 4.78 is 34.9. The fourth-order valence-electron chi connectivity index (χ4n) is 8.78. The lowest BCUT2D eigenvalue weighted by atomic mass is 10.0. The minimum atomic E-state index is -4.54. The molecule has 0 bridgehead atoms. The van der Waals surface area contributed by atoms with Gasteiger partial charge in [-0.15, -0.1) is 0 Å². The molecule has 0 heterocycles. The molecule has 2 unspecified atom stereocenters. The third-order valence-electron chi connectivity index (χ3n) is 13.4. The predicted octanol–water partition coefficient (Wildman–Crippen LogP) is 18.8. The number of esters is 1. The maximum Gasteiger partial charge on any atom is 0.306 e. The molecule has 0 fully saturated rings. The van der Waals surface area contributed by atoms with Crippen LogP contribution in [-0.2, 0) is 27.9 Å². The van der Waals surface area contributed by atoms with Crippen molar-refractivity contribution in [1.82, 2.24) is 0 Å². The Labute approximate surface area is 441 Å². The number of quaternary nitrogens is 1. The number of phosphoric acid groups is 1. The van der Waals surface area contributed by atoms with Gasteiger partial charge < -0.3 is 27.9 Å². The van der Waals surface area contributed by atoms with Crippen molar-refractivity contribution in [2.45, 2.75) is 290 Å². The van der Waals surface area contributed by atoms with Gasteiger partial charge in [-0.1, -0.05) is 274 Å². The van der Waals surface area contributed by atoms with Crippen LogP contribution in [0.1, 0.15) is 284 Å². The van der Waals surface area contributed by atoms with E-state index >= 15 is 0 Å². The Kier molecular flexibility index (Phi) is 53.5. The Morgan fingerprint density at radius 1 is 0.451 bits per heavy atom. The number of rotatable bonds is 57. The van der Waals surface area contributed by atoms with Gasteiger partial charge in [-0.3, -0.25) is 9.36 Å². The topological polar surface area (TPSA) is 94.1 Å². The van der Waals surface area contributed by atoms with Crippen molar-refractivity contribution in [2.24, 2.45) is 0 Å². The van der Waals surface area contributed by atoms with Crippen LogP contribution >= 0.6 is 7.82 Å². The first kappa shape index (κ1) is 69.5. The van der Waals surface area contributed by atoms with Crippen LogP contribution < -0.4 is 4.89 Å². The van der Waals surface area contributed by atoms with E-state index in [1.54, 1.807) is 0 Å². The Morgan fingerprint density at radius 2 is 0.817 bits per heavy atom. The second kappa shape index (κ2) is 54.7. The van der Waals surface area contributed by atoms with E-state index in [4.69, 9.17) is 18.5 Å². The van der Waals surface area contributed by atoms with Crippen LogP contribution in [0.15, 0.2) is 48.6 Å². The van der Waals surface area contributed by atoms with Crippen LogP contribution in [0.25, 0.3) is 0 Å². The number of hydrogen-bond acceptors (Lipinski definition) is 7. The van der Waals surface area contributed by atoms with Crippen LogP contribution in [0.4, 0.5) is 0 Å². The van der Waals surface area contributed by atoms with Gasteiger partial charge in [-0.25, -0.2) is 0 Å². The summed E-state index contributed by atoms with van der Waals surface area (Å²) in [5.74, 6) is -0.331. The zero-order valence-corrected chi connectivity index (χ0v) is 48.6. The molecule has 2 atom stereocenters. The van der Waals surface area contributed by atoms with E-state index in [0.29, 0.717) is 24.1 Å². The third-order valence-corrected chi connectivity index (χ3v) is 14.4. The van der Waals surface area contributed by atoms with Gasteiger partial charge in [-0.2, -0.15) is 0 Å². The van der Waals surface area contributed by atoms with Gasteiger partial charge >= 0.3 is 5.97 Å². The van der Waals surface area contributed by atoms with Crippen molar-refractivity contribution in [3.63, 3.8) is 0 Å². The minimum Gasteiger partial charge on any atom is -0.756 e. The molecule has 0 amide bonds. The number of carbonyl (C=O) groups is 1. The van der Waals surface area contributed by atoms with E-state index in [9.17, 15) is 14.3 Å². The number of unbranched alkanes of at least 4 members (excludes halogenated alkanes) is 35. The number of ether oxygens (including phenoxy) is 2. The summed E-state index contributed by atoms with van der Waals surface area (Å²) in [5, 5.41) is 0. The highest BCUT2D eigenvalue weighted by Gasteiger charge is 2.20. The Morgan fingerprint density at radius 3 is 1.23 bits per heavy atom. The maximum atomic E-state index is 12.8. The molecule has 71 heavy (non-hydrogen) atoms. The summed E-state index contributed by atoms with van der Waals surface area (Å²) in [6.45, 7) is 5.36. The standard InChI is InChI=1S/C62H118NO7P/c1-6-8-10-12-14-16-18-20-22-24-26-28-30-32-33-35-37-39-41-43-45-47-49-51-53-55-62(64)70-61(60-69-71(65,66)68-58-56-63(3,4)5)59-67-57-54-52-50-48-46-44-42-40-38-36-34-31-29-27-25-23-21-19-17-15-13-11-9-7-2/h8,10,14,16,20,22,26,28,61H,6-7,9,11-13,15,17-19,21,23-25,27,29-60H2,1-5H3/b10-8-,16-14-,22-20-,28-26-. The Hall–Kier alpha value is -1.54. The third kappa shape index (κ3) is 59.2. The highest BCUT2D eigenvalue weighted by molar-refractivity contribution is 7.45. The van der Waals surface area contributed by atoms with E-state index in [1.165, 1.54) is 205 Å². The Bertz CT molecular complexity index is 1280. The lowest BCUT2D eigenvalue weighted by Crippen LogP contribution is -2.37. The van der Waals surface area contributed by atoms with E-state index in [0.717, 1.165) is 57.8 Å². The van der Waals surface area contributed by atoms with Crippen molar-refractivity contribution in [3.8, 4) is 0 Å². The molecule has 0 N–H and O–H groups in total. The van der Waals surface area contributed by atoms with Crippen LogP contribution in [0.3, 0.4) is 0 Å². The zero-order chi connectivity index (χ0) is 51.9. The highest BCUT2D eigenvalue weighted by Crippen LogP contribution is 2.38. The Balaban J connectivity index is 4.02. The van der Waals surface area contributed by atoms with Crippen molar-refractivity contribution < 1.29 is 37.3 Å². The monoisotopic (exact) mass is 1020 g/mol. The molecule has 0 aliphatic heterocycles. The summed E-state index contributed by atoms with van der Waals surface area (Å²) in [5.41, 5.74) is 0. The lowest BCUT2D eigenvalue weighted by molar-refractivity contribution is -0.870. The number of carbonyl (C=O) groups excluding carboxylic acids is 1. The number of likely N-dealkylation sites (N-methyl/N-ethyl adjacent to an activating group) is 1. The molecule has 9 heteroatoms. The molecule has 0 rings (SSSR count). The van der Waals surface area contributed by atoms with E-state index in [1.807, 2.05) is 21.1 Å². The largest absolute Gasteiger partial charge is 0.756 e. The molecule has 0 saturated carbocycles. The average molecular weight is 1020 g/mol. The second-order valence-electron chi connectivity index (χ2n) is 21.7. The SMILES string of the molecule is CC/C=C\C/C=C\C/C=C\C/C=C\CCCCCCCCCCCCCCC(=O)OC(COCCCCCCCCCCCCCCCCCCCCCCCCCC)COP(=O)([O-])OCC[N+](C)(C)C. The fraction of sp³-hybridized carbons (Fsp3) is 0.855. The molecule has 0 aliphatic rings. The summed E-state index contributed by atoms with van der Waals surface area (Å²) in [4.78, 5) is 25.3. The second-order valence-corrected chi connectivity index (χ2v) is 23.1. The van der Waals surface area contributed by atoms with E-state index in [-0.39, 0.29) is 25.8 Å². The van der Waals surface area contributed by atoms with E-state index < -0.39 is 13.9 Å². The van der Waals surface area contributed by atoms with Gasteiger partial charge in [0.2, 0.25) is 0 Å². The molecular formula is C62H118NO7P. The summed E-state index contributed by atoms with van der Waals surface area (Å²) >= 11 is 0. The van der Waals surface area contributed by atoms with Gasteiger partial charge in [0.25, 0.3) is 7.82 Å². The molecule has 0 aromatic rings. The molecule has 0 aliphatic carbocycles. The molecule has 8 nitrogen and oxygen atoms in total. The smallest absolute Gasteiger partial charge is 0.306 e. The molecular weight excluding hydrogens is 902 g/mol. The molecule has 418 valence electrons. The summed E-state index contributed by atoms with van der Waals surface area (Å²) in [7, 11) is 1.37. The van der Waals surface area contributed by atoms with Crippen LogP contribution in [0, 0.1) is 0 Å².